The first-order chi connectivity index (χ1) is 5.24. The van der Waals surface area contributed by atoms with E-state index < -0.39 is 0 Å². The summed E-state index contributed by atoms with van der Waals surface area (Å²) in [5.74, 6) is 0. The van der Waals surface area contributed by atoms with Crippen molar-refractivity contribution in [2.75, 3.05) is 0 Å². The first-order valence-electron chi connectivity index (χ1n) is 3.67. The quantitative estimate of drug-likeness (QED) is 0.609. The Hall–Kier alpha value is -1.18. The molecule has 0 N–H and O–H groups in total. The molecule has 2 heteroatoms. The predicted molar refractivity (Wildman–Crippen MR) is 46.2 cm³/mol. The highest BCUT2D eigenvalue weighted by atomic mass is 14.8. The molecule has 58 valence electrons. The van der Waals surface area contributed by atoms with Gasteiger partial charge in [-0.2, -0.15) is 0 Å². The molecule has 1 rings (SSSR count). The van der Waals surface area contributed by atoms with Crippen LogP contribution in [0.25, 0.3) is 6.08 Å². The van der Waals surface area contributed by atoms with Gasteiger partial charge in [0.2, 0.25) is 0 Å². The van der Waals surface area contributed by atoms with E-state index in [2.05, 4.69) is 9.97 Å². The third kappa shape index (κ3) is 1.87. The van der Waals surface area contributed by atoms with E-state index in [1.807, 2.05) is 32.9 Å². The van der Waals surface area contributed by atoms with E-state index >= 15 is 0 Å². The third-order valence-corrected chi connectivity index (χ3v) is 1.44. The zero-order valence-corrected chi connectivity index (χ0v) is 7.13. The van der Waals surface area contributed by atoms with Gasteiger partial charge in [-0.1, -0.05) is 6.08 Å². The van der Waals surface area contributed by atoms with Crippen LogP contribution in [0.2, 0.25) is 0 Å². The fourth-order valence-electron chi connectivity index (χ4n) is 0.872. The zero-order chi connectivity index (χ0) is 8.27. The average molecular weight is 148 g/mol. The van der Waals surface area contributed by atoms with Crippen molar-refractivity contribution in [1.82, 2.24) is 9.97 Å². The molecule has 0 aliphatic carbocycles. The van der Waals surface area contributed by atoms with Gasteiger partial charge in [0, 0.05) is 6.20 Å². The number of hydrogen-bond acceptors (Lipinski definition) is 2. The molecule has 0 aromatic carbocycles. The lowest BCUT2D eigenvalue weighted by atomic mass is 10.3. The maximum Gasteiger partial charge on any atom is 0.0842 e. The van der Waals surface area contributed by atoms with Crippen molar-refractivity contribution in [3.8, 4) is 0 Å². The molecule has 1 heterocycles. The summed E-state index contributed by atoms with van der Waals surface area (Å²) in [5.41, 5.74) is 2.91. The molecular formula is C9H12N2. The lowest BCUT2D eigenvalue weighted by Gasteiger charge is -1.98. The van der Waals surface area contributed by atoms with Gasteiger partial charge in [-0.25, -0.2) is 0 Å². The zero-order valence-electron chi connectivity index (χ0n) is 7.13. The third-order valence-electron chi connectivity index (χ3n) is 1.44. The van der Waals surface area contributed by atoms with Crippen LogP contribution in [-0.4, -0.2) is 9.97 Å². The van der Waals surface area contributed by atoms with Gasteiger partial charge in [0.25, 0.3) is 0 Å². The van der Waals surface area contributed by atoms with Crippen LogP contribution in [0.3, 0.4) is 0 Å². The number of rotatable bonds is 1. The highest BCUT2D eigenvalue weighted by molar-refractivity contribution is 5.46. The second-order valence-electron chi connectivity index (χ2n) is 2.48. The Kier molecular flexibility index (Phi) is 2.36. The van der Waals surface area contributed by atoms with Crippen LogP contribution >= 0.6 is 0 Å². The molecule has 0 saturated heterocycles. The van der Waals surface area contributed by atoms with Gasteiger partial charge in [0.1, 0.15) is 0 Å². The Morgan fingerprint density at radius 2 is 2.09 bits per heavy atom. The minimum absolute atomic E-state index is 0.962. The minimum Gasteiger partial charge on any atom is -0.257 e. The molecule has 0 saturated carbocycles. The number of aryl methyl sites for hydroxylation is 2. The van der Waals surface area contributed by atoms with Crippen molar-refractivity contribution in [3.05, 3.63) is 29.4 Å². The number of nitrogens with zero attached hydrogens (tertiary/aromatic N) is 2. The Bertz CT molecular complexity index is 277. The largest absolute Gasteiger partial charge is 0.257 e. The summed E-state index contributed by atoms with van der Waals surface area (Å²) < 4.78 is 0. The molecule has 0 atom stereocenters. The Balaban J connectivity index is 3.12. The molecule has 0 bridgehead atoms. The van der Waals surface area contributed by atoms with Crippen molar-refractivity contribution >= 4 is 6.08 Å². The highest BCUT2D eigenvalue weighted by Crippen LogP contribution is 2.03. The smallest absolute Gasteiger partial charge is 0.0842 e. The fourth-order valence-corrected chi connectivity index (χ4v) is 0.872. The van der Waals surface area contributed by atoms with Gasteiger partial charge in [-0.3, -0.25) is 9.97 Å². The fraction of sp³-hybridized carbons (Fsp3) is 0.333. The summed E-state index contributed by atoms with van der Waals surface area (Å²) >= 11 is 0. The van der Waals surface area contributed by atoms with E-state index in [1.165, 1.54) is 0 Å². The van der Waals surface area contributed by atoms with Gasteiger partial charge < -0.3 is 0 Å². The highest BCUT2D eigenvalue weighted by Gasteiger charge is 1.95. The van der Waals surface area contributed by atoms with Gasteiger partial charge >= 0.3 is 0 Å². The molecular weight excluding hydrogens is 136 g/mol. The molecule has 0 amide bonds. The number of hydrogen-bond donors (Lipinski definition) is 0. The predicted octanol–water partition coefficient (Wildman–Crippen LogP) is 2.13. The van der Waals surface area contributed by atoms with E-state index in [1.54, 1.807) is 6.20 Å². The van der Waals surface area contributed by atoms with Crippen molar-refractivity contribution in [2.24, 2.45) is 0 Å². The molecule has 1 aromatic heterocycles. The first-order valence-corrected chi connectivity index (χ1v) is 3.67. The summed E-state index contributed by atoms with van der Waals surface area (Å²) in [6, 6.07) is 0. The van der Waals surface area contributed by atoms with Crippen LogP contribution in [0.4, 0.5) is 0 Å². The molecule has 1 aromatic rings. The van der Waals surface area contributed by atoms with Crippen LogP contribution in [0, 0.1) is 13.8 Å². The lowest BCUT2D eigenvalue weighted by molar-refractivity contribution is 1.05. The maximum absolute atomic E-state index is 4.31. The summed E-state index contributed by atoms with van der Waals surface area (Å²) in [4.78, 5) is 8.50. The summed E-state index contributed by atoms with van der Waals surface area (Å²) in [6.45, 7) is 5.88. The normalized spacial score (nSPS) is 10.8. The van der Waals surface area contributed by atoms with Crippen LogP contribution in [0.5, 0.6) is 0 Å². The molecule has 2 nitrogen and oxygen atoms in total. The van der Waals surface area contributed by atoms with Crippen molar-refractivity contribution in [1.29, 1.82) is 0 Å². The van der Waals surface area contributed by atoms with Crippen molar-refractivity contribution in [2.45, 2.75) is 20.8 Å². The molecule has 11 heavy (non-hydrogen) atoms. The van der Waals surface area contributed by atoms with E-state index in [4.69, 9.17) is 0 Å². The second-order valence-corrected chi connectivity index (χ2v) is 2.48. The van der Waals surface area contributed by atoms with Crippen molar-refractivity contribution in [3.63, 3.8) is 0 Å². The maximum atomic E-state index is 4.31. The SMILES string of the molecule is C/C=C/c1nc(C)cnc1C. The van der Waals surface area contributed by atoms with Gasteiger partial charge in [-0.05, 0) is 26.8 Å². The Morgan fingerprint density at radius 3 is 2.73 bits per heavy atom. The molecule has 0 radical (unpaired) electrons. The first kappa shape index (κ1) is 7.92. The minimum atomic E-state index is 0.962. The monoisotopic (exact) mass is 148 g/mol. The van der Waals surface area contributed by atoms with Crippen LogP contribution in [0.1, 0.15) is 24.0 Å². The Labute approximate surface area is 67.0 Å². The van der Waals surface area contributed by atoms with E-state index in [9.17, 15) is 0 Å². The standard InChI is InChI=1S/C9H12N2/c1-4-5-9-8(3)10-6-7(2)11-9/h4-6H,1-3H3/b5-4+. The second kappa shape index (κ2) is 3.28. The number of aromatic nitrogens is 2. The topological polar surface area (TPSA) is 25.8 Å². The van der Waals surface area contributed by atoms with E-state index in [-0.39, 0.29) is 0 Å². The molecule has 0 unspecified atom stereocenters. The lowest BCUT2D eigenvalue weighted by Crippen LogP contribution is -1.92. The van der Waals surface area contributed by atoms with Crippen LogP contribution in [-0.2, 0) is 0 Å². The van der Waals surface area contributed by atoms with E-state index in [0.717, 1.165) is 17.1 Å². The summed E-state index contributed by atoms with van der Waals surface area (Å²) in [7, 11) is 0. The average Bonchev–Trinajstić information content (AvgIpc) is 1.98. The van der Waals surface area contributed by atoms with E-state index in [0.29, 0.717) is 0 Å². The molecule has 0 aliphatic rings. The van der Waals surface area contributed by atoms with Gasteiger partial charge in [-0.15, -0.1) is 0 Å². The van der Waals surface area contributed by atoms with Crippen LogP contribution < -0.4 is 0 Å². The van der Waals surface area contributed by atoms with Crippen molar-refractivity contribution < 1.29 is 0 Å². The summed E-state index contributed by atoms with van der Waals surface area (Å²) in [5, 5.41) is 0. The Morgan fingerprint density at radius 1 is 1.36 bits per heavy atom. The van der Waals surface area contributed by atoms with Crippen LogP contribution in [0.15, 0.2) is 12.3 Å². The number of allylic oxidation sites excluding steroid dienone is 1. The molecule has 0 spiro atoms. The van der Waals surface area contributed by atoms with Gasteiger partial charge in [0.05, 0.1) is 17.1 Å². The van der Waals surface area contributed by atoms with Gasteiger partial charge in [0.15, 0.2) is 0 Å². The molecule has 0 aliphatic heterocycles. The molecule has 0 fully saturated rings. The summed E-state index contributed by atoms with van der Waals surface area (Å²) in [6.07, 6.45) is 5.72.